The van der Waals surface area contributed by atoms with Crippen LogP contribution in [-0.2, 0) is 0 Å². The van der Waals surface area contributed by atoms with E-state index < -0.39 is 41.6 Å². The van der Waals surface area contributed by atoms with Crippen LogP contribution in [0.3, 0.4) is 0 Å². The molecule has 0 aliphatic carbocycles. The Morgan fingerprint density at radius 3 is 2.14 bits per heavy atom. The molecule has 1 fully saturated rings. The monoisotopic (exact) mass is 310 g/mol. The summed E-state index contributed by atoms with van der Waals surface area (Å²) >= 11 is 0. The van der Waals surface area contributed by atoms with E-state index in [2.05, 4.69) is 5.32 Å². The van der Waals surface area contributed by atoms with Crippen molar-refractivity contribution in [1.29, 1.82) is 0 Å². The minimum atomic E-state index is -3.75. The van der Waals surface area contributed by atoms with Gasteiger partial charge in [0.25, 0.3) is 5.92 Å². The van der Waals surface area contributed by atoms with Gasteiger partial charge in [0, 0.05) is 43.9 Å². The van der Waals surface area contributed by atoms with E-state index in [1.54, 1.807) is 0 Å². The molecule has 0 bridgehead atoms. The SMILES string of the molecule is OCC(F)(F)[C@@H](c1c(F)cc(F)cc1F)N1CCNCC1. The van der Waals surface area contributed by atoms with Crippen LogP contribution in [0.2, 0.25) is 0 Å². The molecule has 1 heterocycles. The van der Waals surface area contributed by atoms with Crippen molar-refractivity contribution in [1.82, 2.24) is 10.2 Å². The van der Waals surface area contributed by atoms with E-state index in [0.717, 1.165) is 0 Å². The van der Waals surface area contributed by atoms with Gasteiger partial charge in [0.1, 0.15) is 30.1 Å². The van der Waals surface area contributed by atoms with Gasteiger partial charge in [-0.15, -0.1) is 0 Å². The second kappa shape index (κ2) is 6.25. The number of nitrogens with zero attached hydrogens (tertiary/aromatic N) is 1. The molecule has 1 aliphatic heterocycles. The highest BCUT2D eigenvalue weighted by Crippen LogP contribution is 2.39. The van der Waals surface area contributed by atoms with Gasteiger partial charge in [-0.3, -0.25) is 4.90 Å². The third kappa shape index (κ3) is 3.33. The van der Waals surface area contributed by atoms with Crippen LogP contribution in [0.25, 0.3) is 0 Å². The molecule has 118 valence electrons. The molecular weight excluding hydrogens is 295 g/mol. The van der Waals surface area contributed by atoms with Gasteiger partial charge in [0.05, 0.1) is 0 Å². The standard InChI is InChI=1S/C13H15F5N2O/c14-8-5-9(15)11(10(16)6-8)12(13(17,18)7-21)20-3-1-19-2-4-20/h5-6,12,19,21H,1-4,7H2/t12-/m1/s1. The lowest BCUT2D eigenvalue weighted by atomic mass is 9.97. The third-order valence-corrected chi connectivity index (χ3v) is 3.44. The zero-order valence-electron chi connectivity index (χ0n) is 11.1. The van der Waals surface area contributed by atoms with Crippen molar-refractivity contribution in [2.24, 2.45) is 0 Å². The molecule has 0 spiro atoms. The number of hydrogen-bond donors (Lipinski definition) is 2. The van der Waals surface area contributed by atoms with Gasteiger partial charge >= 0.3 is 0 Å². The lowest BCUT2D eigenvalue weighted by Crippen LogP contribution is -2.51. The maximum absolute atomic E-state index is 14.0. The van der Waals surface area contributed by atoms with Crippen molar-refractivity contribution < 1.29 is 27.1 Å². The van der Waals surface area contributed by atoms with Crippen molar-refractivity contribution in [3.8, 4) is 0 Å². The molecule has 0 radical (unpaired) electrons. The molecule has 2 N–H and O–H groups in total. The van der Waals surface area contributed by atoms with Crippen molar-refractivity contribution in [2.45, 2.75) is 12.0 Å². The first-order valence-corrected chi connectivity index (χ1v) is 6.44. The van der Waals surface area contributed by atoms with Crippen LogP contribution in [-0.4, -0.2) is 48.7 Å². The van der Waals surface area contributed by atoms with Crippen LogP contribution in [0.5, 0.6) is 0 Å². The van der Waals surface area contributed by atoms with E-state index in [1.807, 2.05) is 0 Å². The quantitative estimate of drug-likeness (QED) is 0.831. The maximum Gasteiger partial charge on any atom is 0.290 e. The Labute approximate surface area is 118 Å². The third-order valence-electron chi connectivity index (χ3n) is 3.44. The molecule has 1 saturated heterocycles. The molecule has 3 nitrogen and oxygen atoms in total. The molecule has 21 heavy (non-hydrogen) atoms. The Bertz CT molecular complexity index is 482. The average Bonchev–Trinajstić information content (AvgIpc) is 2.43. The van der Waals surface area contributed by atoms with Crippen LogP contribution in [0.15, 0.2) is 12.1 Å². The molecule has 1 atom stereocenters. The van der Waals surface area contributed by atoms with Crippen LogP contribution >= 0.6 is 0 Å². The molecule has 0 unspecified atom stereocenters. The summed E-state index contributed by atoms with van der Waals surface area (Å²) in [4.78, 5) is 1.19. The molecule has 2 rings (SSSR count). The van der Waals surface area contributed by atoms with E-state index in [9.17, 15) is 22.0 Å². The summed E-state index contributed by atoms with van der Waals surface area (Å²) in [5, 5.41) is 11.8. The highest BCUT2D eigenvalue weighted by Gasteiger charge is 2.46. The van der Waals surface area contributed by atoms with Gasteiger partial charge in [-0.2, -0.15) is 0 Å². The minimum absolute atomic E-state index is 0.135. The first-order chi connectivity index (χ1) is 9.86. The number of benzene rings is 1. The highest BCUT2D eigenvalue weighted by atomic mass is 19.3. The van der Waals surface area contributed by atoms with E-state index in [0.29, 0.717) is 25.2 Å². The minimum Gasteiger partial charge on any atom is -0.390 e. The van der Waals surface area contributed by atoms with Crippen LogP contribution in [0, 0.1) is 17.5 Å². The average molecular weight is 310 g/mol. The van der Waals surface area contributed by atoms with E-state index >= 15 is 0 Å². The number of alkyl halides is 2. The molecule has 1 aromatic carbocycles. The second-order valence-electron chi connectivity index (χ2n) is 4.89. The predicted molar refractivity (Wildman–Crippen MR) is 65.5 cm³/mol. The van der Waals surface area contributed by atoms with Crippen molar-refractivity contribution >= 4 is 0 Å². The summed E-state index contributed by atoms with van der Waals surface area (Å²) in [6.07, 6.45) is 0. The zero-order valence-corrected chi connectivity index (χ0v) is 11.1. The van der Waals surface area contributed by atoms with Crippen molar-refractivity contribution in [2.75, 3.05) is 32.8 Å². The maximum atomic E-state index is 14.0. The zero-order chi connectivity index (χ0) is 15.6. The molecular formula is C13H15F5N2O. The lowest BCUT2D eigenvalue weighted by Gasteiger charge is -2.38. The predicted octanol–water partition coefficient (Wildman–Crippen LogP) is 1.68. The lowest BCUT2D eigenvalue weighted by molar-refractivity contribution is -0.120. The molecule has 1 aromatic rings. The molecule has 0 saturated carbocycles. The summed E-state index contributed by atoms with van der Waals surface area (Å²) < 4.78 is 68.7. The fourth-order valence-corrected chi connectivity index (χ4v) is 2.50. The summed E-state index contributed by atoms with van der Waals surface area (Å²) in [5.41, 5.74) is -0.919. The topological polar surface area (TPSA) is 35.5 Å². The molecule has 0 aromatic heterocycles. The molecule has 0 amide bonds. The number of rotatable bonds is 4. The van der Waals surface area contributed by atoms with Gasteiger partial charge < -0.3 is 10.4 Å². The molecule has 1 aliphatic rings. The van der Waals surface area contributed by atoms with Gasteiger partial charge in [0.15, 0.2) is 0 Å². The first-order valence-electron chi connectivity index (χ1n) is 6.44. The Hall–Kier alpha value is -1.25. The molecule has 8 heteroatoms. The Morgan fingerprint density at radius 1 is 1.14 bits per heavy atom. The van der Waals surface area contributed by atoms with E-state index in [1.165, 1.54) is 4.90 Å². The summed E-state index contributed by atoms with van der Waals surface area (Å²) in [7, 11) is 0. The van der Waals surface area contributed by atoms with Crippen LogP contribution in [0.4, 0.5) is 22.0 Å². The van der Waals surface area contributed by atoms with E-state index in [4.69, 9.17) is 5.11 Å². The summed E-state index contributed by atoms with van der Waals surface area (Å²) in [5.74, 6) is -7.70. The Morgan fingerprint density at radius 2 is 1.67 bits per heavy atom. The normalized spacial score (nSPS) is 18.8. The summed E-state index contributed by atoms with van der Waals surface area (Å²) in [6.45, 7) is -0.532. The number of piperazine rings is 1. The highest BCUT2D eigenvalue weighted by molar-refractivity contribution is 5.26. The van der Waals surface area contributed by atoms with Gasteiger partial charge in [0.2, 0.25) is 0 Å². The Kier molecular flexibility index (Phi) is 4.80. The summed E-state index contributed by atoms with van der Waals surface area (Å²) in [6, 6.07) is -1.26. The number of aliphatic hydroxyl groups is 1. The van der Waals surface area contributed by atoms with Gasteiger partial charge in [-0.25, -0.2) is 22.0 Å². The van der Waals surface area contributed by atoms with Gasteiger partial charge in [-0.05, 0) is 0 Å². The number of halogens is 5. The van der Waals surface area contributed by atoms with Crippen LogP contribution in [0.1, 0.15) is 11.6 Å². The van der Waals surface area contributed by atoms with E-state index in [-0.39, 0.29) is 13.1 Å². The van der Waals surface area contributed by atoms with Crippen molar-refractivity contribution in [3.63, 3.8) is 0 Å². The number of nitrogens with one attached hydrogen (secondary N) is 1. The Balaban J connectivity index is 2.49. The first kappa shape index (κ1) is 16.1. The fourth-order valence-electron chi connectivity index (χ4n) is 2.50. The smallest absolute Gasteiger partial charge is 0.290 e. The second-order valence-corrected chi connectivity index (χ2v) is 4.89. The largest absolute Gasteiger partial charge is 0.390 e. The fraction of sp³-hybridized carbons (Fsp3) is 0.538. The van der Waals surface area contributed by atoms with Gasteiger partial charge in [-0.1, -0.05) is 0 Å². The van der Waals surface area contributed by atoms with Crippen molar-refractivity contribution in [3.05, 3.63) is 35.1 Å². The number of hydrogen-bond acceptors (Lipinski definition) is 3. The van der Waals surface area contributed by atoms with Crippen LogP contribution < -0.4 is 5.32 Å². The number of aliphatic hydroxyl groups excluding tert-OH is 1.